The lowest BCUT2D eigenvalue weighted by Gasteiger charge is -2.09. The van der Waals surface area contributed by atoms with Crippen molar-refractivity contribution in [3.63, 3.8) is 0 Å². The normalized spacial score (nSPS) is 12.7. The zero-order valence-corrected chi connectivity index (χ0v) is 10.1. The maximum atomic E-state index is 5.98. The van der Waals surface area contributed by atoms with Crippen LogP contribution in [0.25, 0.3) is 21.5 Å². The Morgan fingerprint density at radius 1 is 0.833 bits per heavy atom. The highest BCUT2D eigenvalue weighted by Gasteiger charge is 2.03. The molecule has 0 saturated carbocycles. The summed E-state index contributed by atoms with van der Waals surface area (Å²) in [4.78, 5) is 0. The van der Waals surface area contributed by atoms with E-state index in [1.807, 2.05) is 0 Å². The molecule has 1 heteroatoms. The van der Waals surface area contributed by atoms with E-state index in [1.165, 1.54) is 21.5 Å². The average molecular weight is 233 g/mol. The van der Waals surface area contributed by atoms with Gasteiger partial charge in [-0.2, -0.15) is 0 Å². The van der Waals surface area contributed by atoms with E-state index in [2.05, 4.69) is 61.2 Å². The first-order valence-corrected chi connectivity index (χ1v) is 6.08. The molecule has 0 radical (unpaired) electrons. The number of hydrogen-bond acceptors (Lipinski definition) is 1. The molecule has 0 aliphatic carbocycles. The molecule has 2 N–H and O–H groups in total. The van der Waals surface area contributed by atoms with E-state index in [0.29, 0.717) is 0 Å². The fourth-order valence-electron chi connectivity index (χ4n) is 2.30. The van der Waals surface area contributed by atoms with Gasteiger partial charge in [-0.15, -0.1) is 6.58 Å². The van der Waals surface area contributed by atoms with Gasteiger partial charge in [-0.05, 0) is 45.3 Å². The quantitative estimate of drug-likeness (QED) is 0.521. The monoisotopic (exact) mass is 233 g/mol. The van der Waals surface area contributed by atoms with Gasteiger partial charge < -0.3 is 5.73 Å². The van der Waals surface area contributed by atoms with Crippen LogP contribution in [0.4, 0.5) is 0 Å². The van der Waals surface area contributed by atoms with Crippen molar-refractivity contribution in [2.75, 3.05) is 0 Å². The lowest BCUT2D eigenvalue weighted by atomic mass is 9.99. The lowest BCUT2D eigenvalue weighted by Crippen LogP contribution is -2.05. The molecule has 3 aromatic carbocycles. The van der Waals surface area contributed by atoms with E-state index in [0.717, 1.165) is 5.56 Å². The van der Waals surface area contributed by atoms with Crippen molar-refractivity contribution in [2.45, 2.75) is 6.04 Å². The van der Waals surface area contributed by atoms with Crippen LogP contribution in [-0.4, -0.2) is 0 Å². The van der Waals surface area contributed by atoms with E-state index < -0.39 is 0 Å². The minimum absolute atomic E-state index is 0.0964. The molecule has 0 aliphatic rings. The number of fused-ring (bicyclic) bond motifs is 2. The zero-order chi connectivity index (χ0) is 12.5. The second-order valence-electron chi connectivity index (χ2n) is 4.57. The molecule has 0 saturated heterocycles. The minimum Gasteiger partial charge on any atom is -0.321 e. The number of nitrogens with two attached hydrogens (primary N) is 1. The molecular formula is C17H15N. The van der Waals surface area contributed by atoms with Crippen molar-refractivity contribution in [1.82, 2.24) is 0 Å². The molecule has 0 amide bonds. The molecule has 3 aromatic rings. The van der Waals surface area contributed by atoms with Gasteiger partial charge in [-0.1, -0.05) is 42.5 Å². The van der Waals surface area contributed by atoms with Crippen LogP contribution in [0.15, 0.2) is 67.3 Å². The van der Waals surface area contributed by atoms with Crippen LogP contribution in [0.2, 0.25) is 0 Å². The maximum Gasteiger partial charge on any atom is 0.0478 e. The first-order chi connectivity index (χ1) is 8.78. The van der Waals surface area contributed by atoms with E-state index in [4.69, 9.17) is 5.73 Å². The van der Waals surface area contributed by atoms with E-state index in [1.54, 1.807) is 6.08 Å². The molecule has 0 aliphatic heterocycles. The third-order valence-corrected chi connectivity index (χ3v) is 3.37. The third-order valence-electron chi connectivity index (χ3n) is 3.37. The fraction of sp³-hybridized carbons (Fsp3) is 0.0588. The summed E-state index contributed by atoms with van der Waals surface area (Å²) in [5.41, 5.74) is 7.08. The van der Waals surface area contributed by atoms with E-state index in [9.17, 15) is 0 Å². The first kappa shape index (κ1) is 11.0. The predicted octanol–water partition coefficient (Wildman–Crippen LogP) is 4.18. The Hall–Kier alpha value is -2.12. The Kier molecular flexibility index (Phi) is 2.62. The van der Waals surface area contributed by atoms with Crippen LogP contribution in [0.3, 0.4) is 0 Å². The summed E-state index contributed by atoms with van der Waals surface area (Å²) in [5, 5.41) is 5.00. The molecule has 88 valence electrons. The van der Waals surface area contributed by atoms with Gasteiger partial charge in [0.05, 0.1) is 0 Å². The highest BCUT2D eigenvalue weighted by atomic mass is 14.6. The maximum absolute atomic E-state index is 5.98. The van der Waals surface area contributed by atoms with Crippen LogP contribution < -0.4 is 5.73 Å². The van der Waals surface area contributed by atoms with Crippen molar-refractivity contribution < 1.29 is 0 Å². The van der Waals surface area contributed by atoms with Crippen LogP contribution in [-0.2, 0) is 0 Å². The molecule has 0 unspecified atom stereocenters. The Morgan fingerprint density at radius 2 is 1.44 bits per heavy atom. The Morgan fingerprint density at radius 3 is 2.11 bits per heavy atom. The van der Waals surface area contributed by atoms with Gasteiger partial charge in [-0.25, -0.2) is 0 Å². The van der Waals surface area contributed by atoms with Crippen molar-refractivity contribution in [1.29, 1.82) is 0 Å². The molecule has 3 rings (SSSR count). The molecule has 0 fully saturated rings. The molecule has 1 atom stereocenters. The Bertz CT molecular complexity index is 728. The van der Waals surface area contributed by atoms with Crippen molar-refractivity contribution in [3.05, 3.63) is 72.8 Å². The van der Waals surface area contributed by atoms with E-state index in [-0.39, 0.29) is 6.04 Å². The van der Waals surface area contributed by atoms with Gasteiger partial charge in [0.2, 0.25) is 0 Å². The molecule has 0 spiro atoms. The molecule has 0 heterocycles. The number of hydrogen-bond donors (Lipinski definition) is 1. The predicted molar refractivity (Wildman–Crippen MR) is 78.6 cm³/mol. The molecule has 0 bridgehead atoms. The lowest BCUT2D eigenvalue weighted by molar-refractivity contribution is 0.917. The number of benzene rings is 3. The van der Waals surface area contributed by atoms with Crippen LogP contribution in [0.1, 0.15) is 11.6 Å². The van der Waals surface area contributed by atoms with Gasteiger partial charge in [-0.3, -0.25) is 0 Å². The molecular weight excluding hydrogens is 218 g/mol. The smallest absolute Gasteiger partial charge is 0.0478 e. The summed E-state index contributed by atoms with van der Waals surface area (Å²) >= 11 is 0. The van der Waals surface area contributed by atoms with Gasteiger partial charge >= 0.3 is 0 Å². The highest BCUT2D eigenvalue weighted by Crippen LogP contribution is 2.25. The number of rotatable bonds is 2. The van der Waals surface area contributed by atoms with E-state index >= 15 is 0 Å². The summed E-state index contributed by atoms with van der Waals surface area (Å²) in [6.45, 7) is 3.74. The van der Waals surface area contributed by atoms with Crippen molar-refractivity contribution in [3.8, 4) is 0 Å². The zero-order valence-electron chi connectivity index (χ0n) is 10.1. The summed E-state index contributed by atoms with van der Waals surface area (Å²) in [6.07, 6.45) is 1.77. The summed E-state index contributed by atoms with van der Waals surface area (Å²) in [7, 11) is 0. The van der Waals surface area contributed by atoms with Crippen LogP contribution >= 0.6 is 0 Å². The summed E-state index contributed by atoms with van der Waals surface area (Å²) in [6, 6.07) is 19.1. The fourth-order valence-corrected chi connectivity index (χ4v) is 2.30. The average Bonchev–Trinajstić information content (AvgIpc) is 2.43. The van der Waals surface area contributed by atoms with Crippen molar-refractivity contribution >= 4 is 21.5 Å². The van der Waals surface area contributed by atoms with Crippen LogP contribution in [0, 0.1) is 0 Å². The second kappa shape index (κ2) is 4.28. The topological polar surface area (TPSA) is 26.0 Å². The second-order valence-corrected chi connectivity index (χ2v) is 4.57. The first-order valence-electron chi connectivity index (χ1n) is 6.08. The minimum atomic E-state index is -0.0964. The molecule has 18 heavy (non-hydrogen) atoms. The standard InChI is InChI=1S/C17H15N/c1-2-17(18)15-8-7-14-9-12-5-3-4-6-13(12)10-16(14)11-15/h2-11,17H,1,18H2/t17-/m1/s1. The molecule has 0 aromatic heterocycles. The molecule has 1 nitrogen and oxygen atoms in total. The summed E-state index contributed by atoms with van der Waals surface area (Å²) < 4.78 is 0. The Labute approximate surface area is 107 Å². The third kappa shape index (κ3) is 1.79. The van der Waals surface area contributed by atoms with Gasteiger partial charge in [0.1, 0.15) is 0 Å². The van der Waals surface area contributed by atoms with Crippen molar-refractivity contribution in [2.24, 2.45) is 5.73 Å². The Balaban J connectivity index is 2.27. The summed E-state index contributed by atoms with van der Waals surface area (Å²) in [5.74, 6) is 0. The largest absolute Gasteiger partial charge is 0.321 e. The van der Waals surface area contributed by atoms with Crippen LogP contribution in [0.5, 0.6) is 0 Å². The van der Waals surface area contributed by atoms with Gasteiger partial charge in [0.25, 0.3) is 0 Å². The SMILES string of the molecule is C=C[C@@H](N)c1ccc2cc3ccccc3cc2c1. The van der Waals surface area contributed by atoms with Gasteiger partial charge in [0.15, 0.2) is 0 Å². The highest BCUT2D eigenvalue weighted by molar-refractivity contribution is 5.98. The van der Waals surface area contributed by atoms with Gasteiger partial charge in [0, 0.05) is 6.04 Å².